The summed E-state index contributed by atoms with van der Waals surface area (Å²) in [4.78, 5) is 0. The highest BCUT2D eigenvalue weighted by molar-refractivity contribution is 5.39. The van der Waals surface area contributed by atoms with Crippen LogP contribution in [-0.2, 0) is 0 Å². The molecule has 1 unspecified atom stereocenters. The molecule has 2 saturated carbocycles. The van der Waals surface area contributed by atoms with Crippen LogP contribution in [-0.4, -0.2) is 44.3 Å². The number of aliphatic hydroxyl groups excluding tert-OH is 3. The average molecular weight is 336 g/mol. The van der Waals surface area contributed by atoms with Gasteiger partial charge in [0, 0.05) is 10.8 Å². The van der Waals surface area contributed by atoms with Crippen molar-refractivity contribution in [1.82, 2.24) is 0 Å². The van der Waals surface area contributed by atoms with Crippen molar-refractivity contribution in [2.24, 2.45) is 22.2 Å². The molecular formula is C20H32O4. The van der Waals surface area contributed by atoms with Crippen LogP contribution in [0.15, 0.2) is 24.3 Å². The van der Waals surface area contributed by atoms with E-state index in [1.807, 2.05) is 33.8 Å². The maximum atomic E-state index is 11.7. The molecule has 4 N–H and O–H groups in total. The van der Waals surface area contributed by atoms with Crippen LogP contribution in [0.2, 0.25) is 0 Å². The lowest BCUT2D eigenvalue weighted by atomic mass is 9.42. The fourth-order valence-electron chi connectivity index (χ4n) is 5.89. The Hall–Kier alpha value is -0.680. The summed E-state index contributed by atoms with van der Waals surface area (Å²) in [6, 6.07) is 0. The van der Waals surface area contributed by atoms with E-state index in [1.165, 1.54) is 0 Å². The Morgan fingerprint density at radius 3 is 2.33 bits per heavy atom. The molecule has 0 heterocycles. The van der Waals surface area contributed by atoms with E-state index >= 15 is 0 Å². The minimum atomic E-state index is -1.46. The van der Waals surface area contributed by atoms with E-state index in [4.69, 9.17) is 0 Å². The number of aliphatic hydroxyl groups is 4. The van der Waals surface area contributed by atoms with Crippen molar-refractivity contribution in [1.29, 1.82) is 0 Å². The zero-order valence-corrected chi connectivity index (χ0v) is 15.3. The number of fused-ring (bicyclic) bond motifs is 3. The Morgan fingerprint density at radius 1 is 1.12 bits per heavy atom. The van der Waals surface area contributed by atoms with Gasteiger partial charge in [-0.1, -0.05) is 39.8 Å². The fourth-order valence-corrected chi connectivity index (χ4v) is 5.89. The minimum absolute atomic E-state index is 0.0753. The Morgan fingerprint density at radius 2 is 1.75 bits per heavy atom. The number of hydrogen-bond donors (Lipinski definition) is 4. The van der Waals surface area contributed by atoms with E-state index in [1.54, 1.807) is 6.08 Å². The monoisotopic (exact) mass is 336 g/mol. The van der Waals surface area contributed by atoms with Crippen molar-refractivity contribution < 1.29 is 20.4 Å². The van der Waals surface area contributed by atoms with Gasteiger partial charge in [-0.15, -0.1) is 6.58 Å². The lowest BCUT2D eigenvalue weighted by Crippen LogP contribution is -2.70. The SMILES string of the molecule is C=C[C@]1(C)C=C2[C@@H](O)CC3C(C)(C)[C@@H](O)CC[C@]3(C)[C@]2(O)[C@H](O)C1. The highest BCUT2D eigenvalue weighted by Gasteiger charge is 2.68. The molecule has 0 spiro atoms. The summed E-state index contributed by atoms with van der Waals surface area (Å²) in [5.74, 6) is -0.0753. The van der Waals surface area contributed by atoms with E-state index in [9.17, 15) is 20.4 Å². The first kappa shape index (κ1) is 18.1. The summed E-state index contributed by atoms with van der Waals surface area (Å²) >= 11 is 0. The molecule has 4 heteroatoms. The average Bonchev–Trinajstić information content (AvgIpc) is 2.50. The largest absolute Gasteiger partial charge is 0.393 e. The number of allylic oxidation sites excluding steroid dienone is 2. The van der Waals surface area contributed by atoms with Crippen LogP contribution < -0.4 is 0 Å². The predicted octanol–water partition coefficient (Wildman–Crippen LogP) is 2.17. The van der Waals surface area contributed by atoms with Gasteiger partial charge in [0.15, 0.2) is 0 Å². The maximum Gasteiger partial charge on any atom is 0.120 e. The first-order chi connectivity index (χ1) is 10.9. The molecular weight excluding hydrogens is 304 g/mol. The van der Waals surface area contributed by atoms with E-state index in [0.717, 1.165) is 0 Å². The van der Waals surface area contributed by atoms with Crippen molar-refractivity contribution >= 4 is 0 Å². The molecule has 2 fully saturated rings. The zero-order valence-electron chi connectivity index (χ0n) is 15.3. The van der Waals surface area contributed by atoms with Crippen molar-refractivity contribution in [3.05, 3.63) is 24.3 Å². The van der Waals surface area contributed by atoms with Crippen LogP contribution in [0.4, 0.5) is 0 Å². The van der Waals surface area contributed by atoms with Gasteiger partial charge in [0.1, 0.15) is 5.60 Å². The van der Waals surface area contributed by atoms with E-state index in [-0.39, 0.29) is 5.92 Å². The molecule has 0 radical (unpaired) electrons. The van der Waals surface area contributed by atoms with Gasteiger partial charge in [-0.2, -0.15) is 0 Å². The van der Waals surface area contributed by atoms with Crippen LogP contribution in [0, 0.1) is 22.2 Å². The lowest BCUT2D eigenvalue weighted by molar-refractivity contribution is -0.238. The molecule has 4 nitrogen and oxygen atoms in total. The standard InChI is InChI=1S/C20H32O4/c1-6-18(4)10-12-13(21)9-14-17(2,3)15(22)7-8-19(14,5)20(12,24)16(23)11-18/h6,10,13-16,21-24H,1,7-9,11H2,2-5H3/t13-,14?,15-,16+,18+,19-,20+/m0/s1. The van der Waals surface area contributed by atoms with Crippen LogP contribution in [0.25, 0.3) is 0 Å². The molecule has 3 aliphatic carbocycles. The van der Waals surface area contributed by atoms with E-state index < -0.39 is 40.2 Å². The molecule has 0 saturated heterocycles. The number of hydrogen-bond acceptors (Lipinski definition) is 4. The van der Waals surface area contributed by atoms with Crippen LogP contribution in [0.5, 0.6) is 0 Å². The van der Waals surface area contributed by atoms with Gasteiger partial charge in [-0.25, -0.2) is 0 Å². The summed E-state index contributed by atoms with van der Waals surface area (Å²) in [5, 5.41) is 44.0. The van der Waals surface area contributed by atoms with Crippen LogP contribution >= 0.6 is 0 Å². The lowest BCUT2D eigenvalue weighted by Gasteiger charge is -2.66. The van der Waals surface area contributed by atoms with Crippen LogP contribution in [0.3, 0.4) is 0 Å². The Bertz CT molecular complexity index is 582. The Kier molecular flexibility index (Phi) is 3.90. The molecule has 136 valence electrons. The predicted molar refractivity (Wildman–Crippen MR) is 93.2 cm³/mol. The smallest absolute Gasteiger partial charge is 0.120 e. The van der Waals surface area contributed by atoms with Crippen molar-refractivity contribution in [2.75, 3.05) is 0 Å². The highest BCUT2D eigenvalue weighted by atomic mass is 16.3. The molecule has 3 rings (SSSR count). The molecule has 7 atom stereocenters. The zero-order chi connectivity index (χ0) is 18.1. The van der Waals surface area contributed by atoms with Gasteiger partial charge in [0.25, 0.3) is 0 Å². The molecule has 24 heavy (non-hydrogen) atoms. The second kappa shape index (κ2) is 5.16. The van der Waals surface area contributed by atoms with Crippen molar-refractivity contribution in [2.45, 2.75) is 77.3 Å². The van der Waals surface area contributed by atoms with Gasteiger partial charge < -0.3 is 20.4 Å². The van der Waals surface area contributed by atoms with Crippen molar-refractivity contribution in [3.63, 3.8) is 0 Å². The topological polar surface area (TPSA) is 80.9 Å². The van der Waals surface area contributed by atoms with E-state index in [0.29, 0.717) is 31.3 Å². The van der Waals surface area contributed by atoms with Crippen LogP contribution in [0.1, 0.15) is 53.4 Å². The highest BCUT2D eigenvalue weighted by Crippen LogP contribution is 2.65. The first-order valence-corrected chi connectivity index (χ1v) is 9.06. The molecule has 0 bridgehead atoms. The number of rotatable bonds is 1. The molecule has 0 amide bonds. The van der Waals surface area contributed by atoms with Gasteiger partial charge >= 0.3 is 0 Å². The van der Waals surface area contributed by atoms with E-state index in [2.05, 4.69) is 6.58 Å². The molecule has 0 aliphatic heterocycles. The third-order valence-corrected chi connectivity index (χ3v) is 7.66. The molecule has 0 aromatic rings. The summed E-state index contributed by atoms with van der Waals surface area (Å²) < 4.78 is 0. The van der Waals surface area contributed by atoms with Gasteiger partial charge in [0.2, 0.25) is 0 Å². The fraction of sp³-hybridized carbons (Fsp3) is 0.800. The summed E-state index contributed by atoms with van der Waals surface area (Å²) in [5.41, 5.74) is -2.37. The third-order valence-electron chi connectivity index (χ3n) is 7.66. The minimum Gasteiger partial charge on any atom is -0.393 e. The molecule has 0 aromatic heterocycles. The van der Waals surface area contributed by atoms with Gasteiger partial charge in [-0.05, 0) is 42.6 Å². The normalized spacial score (nSPS) is 53.6. The third kappa shape index (κ3) is 2.06. The van der Waals surface area contributed by atoms with Gasteiger partial charge in [-0.3, -0.25) is 0 Å². The molecule has 3 aliphatic rings. The summed E-state index contributed by atoms with van der Waals surface area (Å²) in [6.07, 6.45) is 3.55. The van der Waals surface area contributed by atoms with Gasteiger partial charge in [0.05, 0.1) is 18.3 Å². The Labute approximate surface area is 144 Å². The quantitative estimate of drug-likeness (QED) is 0.553. The Balaban J connectivity index is 2.18. The second-order valence-electron chi connectivity index (χ2n) is 9.39. The summed E-state index contributed by atoms with van der Waals surface area (Å²) in [6.45, 7) is 11.9. The molecule has 0 aromatic carbocycles. The first-order valence-electron chi connectivity index (χ1n) is 9.06. The maximum absolute atomic E-state index is 11.7. The second-order valence-corrected chi connectivity index (χ2v) is 9.39. The summed E-state index contributed by atoms with van der Waals surface area (Å²) in [7, 11) is 0. The van der Waals surface area contributed by atoms with Crippen molar-refractivity contribution in [3.8, 4) is 0 Å².